The van der Waals surface area contributed by atoms with Crippen LogP contribution in [0.1, 0.15) is 24.6 Å². The van der Waals surface area contributed by atoms with Gasteiger partial charge in [-0.15, -0.1) is 11.6 Å². The number of pyridine rings is 1. The zero-order chi connectivity index (χ0) is 12.1. The molecule has 1 aromatic heterocycles. The van der Waals surface area contributed by atoms with E-state index in [9.17, 15) is 0 Å². The fourth-order valence-electron chi connectivity index (χ4n) is 2.05. The molecule has 0 bridgehead atoms. The van der Waals surface area contributed by atoms with Gasteiger partial charge in [-0.3, -0.25) is 0 Å². The number of aromatic nitrogens is 1. The molecule has 1 aliphatic heterocycles. The zero-order valence-corrected chi connectivity index (χ0v) is 11.0. The number of hydrogen-bond acceptors (Lipinski definition) is 3. The summed E-state index contributed by atoms with van der Waals surface area (Å²) in [6.07, 6.45) is 2.13. The minimum atomic E-state index is 0.552. The Kier molecular flexibility index (Phi) is 4.63. The molecule has 0 amide bonds. The second-order valence-electron chi connectivity index (χ2n) is 4.31. The predicted octanol–water partition coefficient (Wildman–Crippen LogP) is 2.61. The number of rotatable bonds is 4. The molecule has 1 saturated heterocycles. The first-order chi connectivity index (χ1) is 8.33. The van der Waals surface area contributed by atoms with Crippen LogP contribution in [0.25, 0.3) is 0 Å². The van der Waals surface area contributed by atoms with Crippen LogP contribution in [0, 0.1) is 0 Å². The van der Waals surface area contributed by atoms with Crippen LogP contribution in [-0.2, 0) is 17.0 Å². The summed E-state index contributed by atoms with van der Waals surface area (Å²) < 4.78 is 5.36. The van der Waals surface area contributed by atoms with Gasteiger partial charge in [-0.25, -0.2) is 4.98 Å². The van der Waals surface area contributed by atoms with E-state index in [-0.39, 0.29) is 0 Å². The Labute approximate surface area is 108 Å². The first-order valence-electron chi connectivity index (χ1n) is 6.22. The highest BCUT2D eigenvalue weighted by molar-refractivity contribution is 6.17. The Hall–Kier alpha value is -0.800. The summed E-state index contributed by atoms with van der Waals surface area (Å²) in [6, 6.07) is 4.21. The molecule has 94 valence electrons. The van der Waals surface area contributed by atoms with E-state index < -0.39 is 0 Å². The highest BCUT2D eigenvalue weighted by Crippen LogP contribution is 2.18. The van der Waals surface area contributed by atoms with Crippen LogP contribution in [0.2, 0.25) is 0 Å². The van der Waals surface area contributed by atoms with Gasteiger partial charge in [-0.05, 0) is 24.1 Å². The standard InChI is InChI=1S/C13H19ClN2O/c1-2-3-12-8-11(10-14)9-13(15-12)16-4-6-17-7-5-16/h8-9H,2-7,10H2,1H3. The summed E-state index contributed by atoms with van der Waals surface area (Å²) in [5, 5.41) is 0. The third-order valence-electron chi connectivity index (χ3n) is 2.92. The molecular formula is C13H19ClN2O. The molecule has 1 aromatic rings. The Bertz CT molecular complexity index is 364. The molecule has 1 aliphatic rings. The minimum absolute atomic E-state index is 0.552. The monoisotopic (exact) mass is 254 g/mol. The van der Waals surface area contributed by atoms with E-state index in [4.69, 9.17) is 21.3 Å². The molecular weight excluding hydrogens is 236 g/mol. The molecule has 0 radical (unpaired) electrons. The summed E-state index contributed by atoms with van der Waals surface area (Å²) in [7, 11) is 0. The van der Waals surface area contributed by atoms with Crippen molar-refractivity contribution in [2.45, 2.75) is 25.6 Å². The Balaban J connectivity index is 2.21. The van der Waals surface area contributed by atoms with Crippen molar-refractivity contribution >= 4 is 17.4 Å². The zero-order valence-electron chi connectivity index (χ0n) is 10.3. The van der Waals surface area contributed by atoms with Crippen LogP contribution in [0.4, 0.5) is 5.82 Å². The molecule has 2 rings (SSSR count). The normalized spacial score (nSPS) is 16.2. The molecule has 1 fully saturated rings. The lowest BCUT2D eigenvalue weighted by molar-refractivity contribution is 0.122. The maximum absolute atomic E-state index is 5.94. The Morgan fingerprint density at radius 2 is 2.12 bits per heavy atom. The fourth-order valence-corrected chi connectivity index (χ4v) is 2.20. The van der Waals surface area contributed by atoms with Crippen molar-refractivity contribution < 1.29 is 4.74 Å². The molecule has 0 atom stereocenters. The first kappa shape index (κ1) is 12.7. The van der Waals surface area contributed by atoms with Crippen LogP contribution in [0.15, 0.2) is 12.1 Å². The molecule has 0 unspecified atom stereocenters. The van der Waals surface area contributed by atoms with Gasteiger partial charge >= 0.3 is 0 Å². The van der Waals surface area contributed by atoms with E-state index in [0.717, 1.165) is 56.2 Å². The van der Waals surface area contributed by atoms with Gasteiger partial charge in [0.15, 0.2) is 0 Å². The van der Waals surface area contributed by atoms with E-state index in [1.54, 1.807) is 0 Å². The molecule has 0 aromatic carbocycles. The Morgan fingerprint density at radius 3 is 2.76 bits per heavy atom. The van der Waals surface area contributed by atoms with Crippen molar-refractivity contribution in [2.24, 2.45) is 0 Å². The van der Waals surface area contributed by atoms with Gasteiger partial charge < -0.3 is 9.64 Å². The third-order valence-corrected chi connectivity index (χ3v) is 3.23. The molecule has 17 heavy (non-hydrogen) atoms. The van der Waals surface area contributed by atoms with Crippen molar-refractivity contribution in [3.05, 3.63) is 23.4 Å². The smallest absolute Gasteiger partial charge is 0.129 e. The van der Waals surface area contributed by atoms with Gasteiger partial charge in [0, 0.05) is 24.7 Å². The molecule has 2 heterocycles. The number of morpholine rings is 1. The summed E-state index contributed by atoms with van der Waals surface area (Å²) in [5.74, 6) is 1.60. The van der Waals surface area contributed by atoms with Gasteiger partial charge in [-0.2, -0.15) is 0 Å². The van der Waals surface area contributed by atoms with Crippen LogP contribution in [0.3, 0.4) is 0 Å². The summed E-state index contributed by atoms with van der Waals surface area (Å²) in [6.45, 7) is 5.59. The van der Waals surface area contributed by atoms with Gasteiger partial charge in [-0.1, -0.05) is 13.3 Å². The average molecular weight is 255 g/mol. The quantitative estimate of drug-likeness (QED) is 0.773. The lowest BCUT2D eigenvalue weighted by atomic mass is 10.1. The van der Waals surface area contributed by atoms with Crippen LogP contribution >= 0.6 is 11.6 Å². The molecule has 0 saturated carbocycles. The molecule has 0 aliphatic carbocycles. The summed E-state index contributed by atoms with van der Waals surface area (Å²) in [5.41, 5.74) is 2.30. The second kappa shape index (κ2) is 6.22. The largest absolute Gasteiger partial charge is 0.378 e. The lowest BCUT2D eigenvalue weighted by Gasteiger charge is -2.28. The lowest BCUT2D eigenvalue weighted by Crippen LogP contribution is -2.36. The highest BCUT2D eigenvalue weighted by atomic mass is 35.5. The van der Waals surface area contributed by atoms with E-state index in [0.29, 0.717) is 5.88 Å². The van der Waals surface area contributed by atoms with Crippen LogP contribution in [-0.4, -0.2) is 31.3 Å². The number of aryl methyl sites for hydroxylation is 1. The minimum Gasteiger partial charge on any atom is -0.378 e. The average Bonchev–Trinajstić information content (AvgIpc) is 2.40. The number of anilines is 1. The number of hydrogen-bond donors (Lipinski definition) is 0. The number of ether oxygens (including phenoxy) is 1. The first-order valence-corrected chi connectivity index (χ1v) is 6.75. The SMILES string of the molecule is CCCc1cc(CCl)cc(N2CCOCC2)n1. The molecule has 0 spiro atoms. The van der Waals surface area contributed by atoms with E-state index in [2.05, 4.69) is 24.0 Å². The maximum atomic E-state index is 5.94. The van der Waals surface area contributed by atoms with Crippen molar-refractivity contribution in [1.29, 1.82) is 0 Å². The second-order valence-corrected chi connectivity index (χ2v) is 4.58. The van der Waals surface area contributed by atoms with Crippen molar-refractivity contribution in [3.8, 4) is 0 Å². The molecule has 4 heteroatoms. The van der Waals surface area contributed by atoms with Gasteiger partial charge in [0.2, 0.25) is 0 Å². The fraction of sp³-hybridized carbons (Fsp3) is 0.615. The van der Waals surface area contributed by atoms with Crippen molar-refractivity contribution in [2.75, 3.05) is 31.2 Å². The van der Waals surface area contributed by atoms with Crippen LogP contribution < -0.4 is 4.90 Å². The van der Waals surface area contributed by atoms with Gasteiger partial charge in [0.05, 0.1) is 13.2 Å². The Morgan fingerprint density at radius 1 is 1.35 bits per heavy atom. The van der Waals surface area contributed by atoms with E-state index in [1.807, 2.05) is 0 Å². The van der Waals surface area contributed by atoms with Gasteiger partial charge in [0.1, 0.15) is 5.82 Å². The summed E-state index contributed by atoms with van der Waals surface area (Å²) in [4.78, 5) is 6.98. The highest BCUT2D eigenvalue weighted by Gasteiger charge is 2.13. The molecule has 3 nitrogen and oxygen atoms in total. The molecule has 0 N–H and O–H groups in total. The predicted molar refractivity (Wildman–Crippen MR) is 70.8 cm³/mol. The van der Waals surface area contributed by atoms with E-state index >= 15 is 0 Å². The van der Waals surface area contributed by atoms with Gasteiger partial charge in [0.25, 0.3) is 0 Å². The third kappa shape index (κ3) is 3.33. The number of alkyl halides is 1. The summed E-state index contributed by atoms with van der Waals surface area (Å²) >= 11 is 5.94. The van der Waals surface area contributed by atoms with Crippen LogP contribution in [0.5, 0.6) is 0 Å². The van der Waals surface area contributed by atoms with Crippen molar-refractivity contribution in [1.82, 2.24) is 4.98 Å². The topological polar surface area (TPSA) is 25.4 Å². The maximum Gasteiger partial charge on any atom is 0.129 e. The van der Waals surface area contributed by atoms with Crippen molar-refractivity contribution in [3.63, 3.8) is 0 Å². The number of halogens is 1. The van der Waals surface area contributed by atoms with E-state index in [1.165, 1.54) is 0 Å². The number of nitrogens with zero attached hydrogens (tertiary/aromatic N) is 2.